The van der Waals surface area contributed by atoms with Gasteiger partial charge in [-0.1, -0.05) is 12.1 Å². The Morgan fingerprint density at radius 3 is 2.27 bits per heavy atom. The van der Waals surface area contributed by atoms with Crippen LogP contribution in [-0.4, -0.2) is 50.3 Å². The number of hydrogen-bond donors (Lipinski definition) is 2. The van der Waals surface area contributed by atoms with Gasteiger partial charge in [0.25, 0.3) is 0 Å². The summed E-state index contributed by atoms with van der Waals surface area (Å²) in [7, 11) is 3.84. The fourth-order valence-electron chi connectivity index (χ4n) is 2.92. The fourth-order valence-corrected chi connectivity index (χ4v) is 3.11. The Kier molecular flexibility index (Phi) is 6.30. The van der Waals surface area contributed by atoms with E-state index < -0.39 is 0 Å². The van der Waals surface area contributed by atoms with Crippen molar-refractivity contribution in [1.29, 1.82) is 0 Å². The number of benzene rings is 2. The quantitative estimate of drug-likeness (QED) is 0.789. The van der Waals surface area contributed by atoms with Gasteiger partial charge in [0.05, 0.1) is 7.11 Å². The first kappa shape index (κ1) is 18.5. The van der Waals surface area contributed by atoms with Gasteiger partial charge in [0.1, 0.15) is 5.75 Å². The molecule has 6 heteroatoms. The molecule has 0 aromatic heterocycles. The van der Waals surface area contributed by atoms with Crippen LogP contribution >= 0.6 is 12.2 Å². The van der Waals surface area contributed by atoms with E-state index in [4.69, 9.17) is 17.0 Å². The average molecular weight is 371 g/mol. The van der Waals surface area contributed by atoms with Gasteiger partial charge in [-0.05, 0) is 61.2 Å². The fraction of sp³-hybridized carbons (Fsp3) is 0.350. The number of methoxy groups -OCH3 is 1. The third-order valence-corrected chi connectivity index (χ3v) is 4.85. The van der Waals surface area contributed by atoms with E-state index in [-0.39, 0.29) is 0 Å². The number of anilines is 2. The van der Waals surface area contributed by atoms with Crippen molar-refractivity contribution in [1.82, 2.24) is 10.2 Å². The SMILES string of the molecule is COc1ccc(CNC(=S)Nc2ccc(N3CCN(C)CC3)cc2)cc1. The Morgan fingerprint density at radius 2 is 1.65 bits per heavy atom. The minimum absolute atomic E-state index is 0.619. The van der Waals surface area contributed by atoms with Gasteiger partial charge in [-0.2, -0.15) is 0 Å². The van der Waals surface area contributed by atoms with Crippen LogP contribution in [0.2, 0.25) is 0 Å². The van der Waals surface area contributed by atoms with Crippen LogP contribution in [0.5, 0.6) is 5.75 Å². The Bertz CT molecular complexity index is 710. The van der Waals surface area contributed by atoms with Crippen molar-refractivity contribution in [2.24, 2.45) is 0 Å². The summed E-state index contributed by atoms with van der Waals surface area (Å²) in [6.45, 7) is 5.05. The van der Waals surface area contributed by atoms with Gasteiger partial charge in [0, 0.05) is 44.1 Å². The molecule has 26 heavy (non-hydrogen) atoms. The monoisotopic (exact) mass is 370 g/mol. The molecule has 0 bridgehead atoms. The number of nitrogens with zero attached hydrogens (tertiary/aromatic N) is 2. The maximum Gasteiger partial charge on any atom is 0.171 e. The van der Waals surface area contributed by atoms with E-state index in [1.54, 1.807) is 7.11 Å². The number of ether oxygens (including phenoxy) is 1. The van der Waals surface area contributed by atoms with Crippen LogP contribution < -0.4 is 20.3 Å². The summed E-state index contributed by atoms with van der Waals surface area (Å²) in [5.41, 5.74) is 3.41. The molecule has 2 aromatic rings. The Balaban J connectivity index is 1.47. The zero-order chi connectivity index (χ0) is 18.4. The summed E-state index contributed by atoms with van der Waals surface area (Å²) >= 11 is 5.39. The van der Waals surface area contributed by atoms with Gasteiger partial charge in [-0.15, -0.1) is 0 Å². The summed E-state index contributed by atoms with van der Waals surface area (Å²) < 4.78 is 5.17. The molecule has 138 valence electrons. The smallest absolute Gasteiger partial charge is 0.171 e. The Hall–Kier alpha value is -2.31. The van der Waals surface area contributed by atoms with Crippen molar-refractivity contribution in [3.63, 3.8) is 0 Å². The first-order chi connectivity index (χ1) is 12.6. The highest BCUT2D eigenvalue weighted by atomic mass is 32.1. The average Bonchev–Trinajstić information content (AvgIpc) is 2.68. The topological polar surface area (TPSA) is 39.8 Å². The van der Waals surface area contributed by atoms with Crippen molar-refractivity contribution in [3.8, 4) is 5.75 Å². The Labute approximate surface area is 160 Å². The Morgan fingerprint density at radius 1 is 1.00 bits per heavy atom. The van der Waals surface area contributed by atoms with Crippen LogP contribution in [0.3, 0.4) is 0 Å². The van der Waals surface area contributed by atoms with Crippen molar-refractivity contribution in [2.75, 3.05) is 50.6 Å². The van der Waals surface area contributed by atoms with Crippen molar-refractivity contribution in [3.05, 3.63) is 54.1 Å². The van der Waals surface area contributed by atoms with E-state index in [0.29, 0.717) is 11.7 Å². The van der Waals surface area contributed by atoms with E-state index in [1.165, 1.54) is 5.69 Å². The van der Waals surface area contributed by atoms with Gasteiger partial charge in [0.15, 0.2) is 5.11 Å². The van der Waals surface area contributed by atoms with E-state index in [0.717, 1.165) is 43.2 Å². The predicted octanol–water partition coefficient (Wildman–Crippen LogP) is 2.93. The highest BCUT2D eigenvalue weighted by Gasteiger charge is 2.13. The molecule has 5 nitrogen and oxygen atoms in total. The number of rotatable bonds is 5. The van der Waals surface area contributed by atoms with Gasteiger partial charge < -0.3 is 25.2 Å². The lowest BCUT2D eigenvalue weighted by Crippen LogP contribution is -2.44. The summed E-state index contributed by atoms with van der Waals surface area (Å²) in [6.07, 6.45) is 0. The lowest BCUT2D eigenvalue weighted by molar-refractivity contribution is 0.313. The second-order valence-electron chi connectivity index (χ2n) is 6.49. The van der Waals surface area contributed by atoms with Crippen LogP contribution in [0.4, 0.5) is 11.4 Å². The van der Waals surface area contributed by atoms with Crippen LogP contribution in [-0.2, 0) is 6.54 Å². The molecule has 2 aromatic carbocycles. The lowest BCUT2D eigenvalue weighted by Gasteiger charge is -2.34. The number of hydrogen-bond acceptors (Lipinski definition) is 4. The minimum atomic E-state index is 0.619. The largest absolute Gasteiger partial charge is 0.497 e. The third-order valence-electron chi connectivity index (χ3n) is 4.61. The van der Waals surface area contributed by atoms with Gasteiger partial charge in [-0.3, -0.25) is 0 Å². The van der Waals surface area contributed by atoms with E-state index in [2.05, 4.69) is 51.7 Å². The number of thiocarbonyl (C=S) groups is 1. The second-order valence-corrected chi connectivity index (χ2v) is 6.90. The first-order valence-electron chi connectivity index (χ1n) is 8.85. The molecule has 0 radical (unpaired) electrons. The molecule has 1 aliphatic rings. The molecule has 1 heterocycles. The summed E-state index contributed by atoms with van der Waals surface area (Å²) in [6, 6.07) is 16.4. The van der Waals surface area contributed by atoms with Crippen LogP contribution in [0, 0.1) is 0 Å². The van der Waals surface area contributed by atoms with Crippen molar-refractivity contribution >= 4 is 28.7 Å². The van der Waals surface area contributed by atoms with E-state index >= 15 is 0 Å². The maximum absolute atomic E-state index is 5.39. The van der Waals surface area contributed by atoms with Crippen LogP contribution in [0.1, 0.15) is 5.56 Å². The summed E-state index contributed by atoms with van der Waals surface area (Å²) in [4.78, 5) is 4.78. The number of likely N-dealkylation sites (N-methyl/N-ethyl adjacent to an activating group) is 1. The summed E-state index contributed by atoms with van der Waals surface area (Å²) in [5.74, 6) is 0.856. The molecule has 0 atom stereocenters. The normalized spacial score (nSPS) is 14.8. The van der Waals surface area contributed by atoms with Crippen LogP contribution in [0.15, 0.2) is 48.5 Å². The standard InChI is InChI=1S/C20H26N4OS/c1-23-11-13-24(14-12-23)18-7-5-17(6-8-18)22-20(26)21-15-16-3-9-19(25-2)10-4-16/h3-10H,11-15H2,1-2H3,(H2,21,22,26). The number of nitrogens with one attached hydrogen (secondary N) is 2. The molecule has 0 amide bonds. The molecule has 2 N–H and O–H groups in total. The molecule has 1 aliphatic heterocycles. The van der Waals surface area contributed by atoms with E-state index in [1.807, 2.05) is 24.3 Å². The van der Waals surface area contributed by atoms with Crippen molar-refractivity contribution in [2.45, 2.75) is 6.54 Å². The molecular formula is C20H26N4OS. The zero-order valence-corrected chi connectivity index (χ0v) is 16.2. The number of piperazine rings is 1. The second kappa shape index (κ2) is 8.87. The molecule has 1 fully saturated rings. The van der Waals surface area contributed by atoms with Gasteiger partial charge in [-0.25, -0.2) is 0 Å². The molecule has 0 spiro atoms. The molecule has 0 aliphatic carbocycles. The maximum atomic E-state index is 5.39. The van der Waals surface area contributed by atoms with Crippen molar-refractivity contribution < 1.29 is 4.74 Å². The zero-order valence-electron chi connectivity index (χ0n) is 15.4. The van der Waals surface area contributed by atoms with Gasteiger partial charge >= 0.3 is 0 Å². The molecular weight excluding hydrogens is 344 g/mol. The molecule has 0 unspecified atom stereocenters. The van der Waals surface area contributed by atoms with Gasteiger partial charge in [0.2, 0.25) is 0 Å². The molecule has 0 saturated carbocycles. The minimum Gasteiger partial charge on any atom is -0.497 e. The molecule has 1 saturated heterocycles. The summed E-state index contributed by atoms with van der Waals surface area (Å²) in [5, 5.41) is 7.09. The van der Waals surface area contributed by atoms with Crippen LogP contribution in [0.25, 0.3) is 0 Å². The highest BCUT2D eigenvalue weighted by molar-refractivity contribution is 7.80. The first-order valence-corrected chi connectivity index (χ1v) is 9.26. The predicted molar refractivity (Wildman–Crippen MR) is 112 cm³/mol. The highest BCUT2D eigenvalue weighted by Crippen LogP contribution is 2.19. The molecule has 3 rings (SSSR count). The van der Waals surface area contributed by atoms with E-state index in [9.17, 15) is 0 Å². The third kappa shape index (κ3) is 5.09. The lowest BCUT2D eigenvalue weighted by atomic mass is 10.2.